The van der Waals surface area contributed by atoms with Gasteiger partial charge in [0.1, 0.15) is 6.10 Å². The first-order chi connectivity index (χ1) is 13.9. The van der Waals surface area contributed by atoms with Crippen molar-refractivity contribution in [2.24, 2.45) is 16.2 Å². The predicted molar refractivity (Wildman–Crippen MR) is 117 cm³/mol. The lowest BCUT2D eigenvalue weighted by atomic mass is 9.93. The van der Waals surface area contributed by atoms with Crippen LogP contribution < -0.4 is 0 Å². The summed E-state index contributed by atoms with van der Waals surface area (Å²) in [7, 11) is 1.40. The lowest BCUT2D eigenvalue weighted by molar-refractivity contribution is -0.298. The van der Waals surface area contributed by atoms with Crippen LogP contribution in [0.3, 0.4) is 0 Å². The minimum atomic E-state index is -1.13. The van der Waals surface area contributed by atoms with E-state index in [4.69, 9.17) is 23.7 Å². The molecule has 8 nitrogen and oxygen atoms in total. The van der Waals surface area contributed by atoms with Crippen LogP contribution in [0.25, 0.3) is 0 Å². The molecular formula is C22H37BrO8. The molecule has 9 heteroatoms. The molecule has 0 spiro atoms. The molecule has 0 N–H and O–H groups in total. The number of ether oxygens (including phenoxy) is 5. The van der Waals surface area contributed by atoms with Crippen LogP contribution in [0, 0.1) is 16.2 Å². The van der Waals surface area contributed by atoms with Crippen LogP contribution in [0.2, 0.25) is 0 Å². The van der Waals surface area contributed by atoms with Crippen molar-refractivity contribution in [3.63, 3.8) is 0 Å². The molecule has 0 aromatic carbocycles. The minimum absolute atomic E-state index is 0.276. The Kier molecular flexibility index (Phi) is 9.13. The molecule has 0 saturated carbocycles. The van der Waals surface area contributed by atoms with Crippen LogP contribution in [0.1, 0.15) is 62.3 Å². The Morgan fingerprint density at radius 1 is 0.710 bits per heavy atom. The van der Waals surface area contributed by atoms with Gasteiger partial charge in [-0.3, -0.25) is 14.4 Å². The molecular weight excluding hydrogens is 472 g/mol. The van der Waals surface area contributed by atoms with Gasteiger partial charge in [-0.1, -0.05) is 15.9 Å². The molecule has 1 heterocycles. The molecule has 1 aliphatic rings. The van der Waals surface area contributed by atoms with E-state index in [1.54, 1.807) is 62.3 Å². The van der Waals surface area contributed by atoms with Crippen LogP contribution in [0.15, 0.2) is 0 Å². The average molecular weight is 509 g/mol. The summed E-state index contributed by atoms with van der Waals surface area (Å²) in [4.78, 5) is 38.1. The third kappa shape index (κ3) is 7.43. The van der Waals surface area contributed by atoms with E-state index >= 15 is 0 Å². The number of carbonyl (C=O) groups excluding carboxylic acids is 3. The van der Waals surface area contributed by atoms with E-state index in [0.717, 1.165) is 0 Å². The van der Waals surface area contributed by atoms with E-state index < -0.39 is 64.9 Å². The second kappa shape index (κ2) is 10.2. The van der Waals surface area contributed by atoms with Crippen LogP contribution in [-0.4, -0.2) is 61.1 Å². The summed E-state index contributed by atoms with van der Waals surface area (Å²) in [5.41, 5.74) is -2.45. The molecule has 0 bridgehead atoms. The zero-order valence-electron chi connectivity index (χ0n) is 20.2. The minimum Gasteiger partial charge on any atom is -0.455 e. The van der Waals surface area contributed by atoms with Crippen molar-refractivity contribution in [1.82, 2.24) is 0 Å². The molecule has 1 aliphatic heterocycles. The van der Waals surface area contributed by atoms with Crippen molar-refractivity contribution in [3.8, 4) is 0 Å². The van der Waals surface area contributed by atoms with Gasteiger partial charge in [0.2, 0.25) is 0 Å². The summed E-state index contributed by atoms with van der Waals surface area (Å²) < 4.78 is 28.6. The fourth-order valence-corrected chi connectivity index (χ4v) is 3.02. The zero-order valence-corrected chi connectivity index (χ0v) is 21.8. The van der Waals surface area contributed by atoms with E-state index in [0.29, 0.717) is 0 Å². The van der Waals surface area contributed by atoms with Crippen molar-refractivity contribution in [2.75, 3.05) is 12.4 Å². The third-order valence-electron chi connectivity index (χ3n) is 4.54. The van der Waals surface area contributed by atoms with Gasteiger partial charge in [-0.15, -0.1) is 0 Å². The van der Waals surface area contributed by atoms with Gasteiger partial charge in [-0.05, 0) is 62.3 Å². The largest absolute Gasteiger partial charge is 0.455 e. The van der Waals surface area contributed by atoms with Crippen molar-refractivity contribution in [3.05, 3.63) is 0 Å². The molecule has 5 atom stereocenters. The van der Waals surface area contributed by atoms with E-state index in [1.165, 1.54) is 7.11 Å². The number of hydrogen-bond donors (Lipinski definition) is 0. The number of esters is 3. The Morgan fingerprint density at radius 3 is 1.39 bits per heavy atom. The molecule has 0 unspecified atom stereocenters. The number of alkyl halides is 1. The topological polar surface area (TPSA) is 97.4 Å². The third-order valence-corrected chi connectivity index (χ3v) is 5.18. The number of methoxy groups -OCH3 is 1. The monoisotopic (exact) mass is 508 g/mol. The van der Waals surface area contributed by atoms with E-state index in [2.05, 4.69) is 15.9 Å². The second-order valence-corrected chi connectivity index (χ2v) is 11.4. The van der Waals surface area contributed by atoms with Gasteiger partial charge in [-0.2, -0.15) is 0 Å². The smallest absolute Gasteiger partial charge is 0.311 e. The van der Waals surface area contributed by atoms with Gasteiger partial charge in [0.25, 0.3) is 0 Å². The Bertz CT molecular complexity index is 614. The lowest BCUT2D eigenvalue weighted by Crippen LogP contribution is -2.63. The van der Waals surface area contributed by atoms with Crippen molar-refractivity contribution < 1.29 is 38.1 Å². The fourth-order valence-electron chi connectivity index (χ4n) is 2.50. The molecule has 1 fully saturated rings. The quantitative estimate of drug-likeness (QED) is 0.315. The predicted octanol–water partition coefficient (Wildman–Crippen LogP) is 3.63. The Hall–Kier alpha value is -1.19. The highest BCUT2D eigenvalue weighted by Gasteiger charge is 2.54. The number of carbonyl (C=O) groups is 3. The van der Waals surface area contributed by atoms with E-state index in [9.17, 15) is 14.4 Å². The summed E-state index contributed by atoms with van der Waals surface area (Å²) in [5, 5.41) is 0.276. The van der Waals surface area contributed by atoms with E-state index in [-0.39, 0.29) is 5.33 Å². The average Bonchev–Trinajstić information content (AvgIpc) is 2.61. The fraction of sp³-hybridized carbons (Fsp3) is 0.864. The highest BCUT2D eigenvalue weighted by atomic mass is 79.9. The van der Waals surface area contributed by atoms with Crippen molar-refractivity contribution in [2.45, 2.75) is 93.0 Å². The van der Waals surface area contributed by atoms with Gasteiger partial charge < -0.3 is 23.7 Å². The number of halogens is 1. The Morgan fingerprint density at radius 2 is 1.06 bits per heavy atom. The maximum Gasteiger partial charge on any atom is 0.311 e. The van der Waals surface area contributed by atoms with Gasteiger partial charge in [0.15, 0.2) is 24.6 Å². The van der Waals surface area contributed by atoms with Gasteiger partial charge in [-0.25, -0.2) is 0 Å². The standard InChI is InChI=1S/C22H37BrO8/c1-20(2,3)17(24)29-13-12(11-23)28-16(27-10)15(31-19(26)22(7,8)9)14(13)30-18(25)21(4,5)6/h12-16H,11H2,1-10H3/t12-,13-,14+,15-,16+/m1/s1. The zero-order chi connectivity index (χ0) is 24.4. The van der Waals surface area contributed by atoms with E-state index in [1.807, 2.05) is 0 Å². The Balaban J connectivity index is 3.44. The first-order valence-corrected chi connectivity index (χ1v) is 11.4. The second-order valence-electron chi connectivity index (χ2n) is 10.8. The lowest BCUT2D eigenvalue weighted by Gasteiger charge is -2.45. The maximum absolute atomic E-state index is 12.8. The van der Waals surface area contributed by atoms with Crippen LogP contribution in [-0.2, 0) is 38.1 Å². The molecule has 31 heavy (non-hydrogen) atoms. The summed E-state index contributed by atoms with van der Waals surface area (Å²) in [6, 6.07) is 0. The first kappa shape index (κ1) is 27.8. The summed E-state index contributed by atoms with van der Waals surface area (Å²) in [5.74, 6) is -1.56. The van der Waals surface area contributed by atoms with Crippen LogP contribution >= 0.6 is 15.9 Å². The number of rotatable bonds is 5. The number of hydrogen-bond acceptors (Lipinski definition) is 8. The highest BCUT2D eigenvalue weighted by molar-refractivity contribution is 9.09. The normalized spacial score (nSPS) is 27.4. The summed E-state index contributed by atoms with van der Waals surface area (Å²) in [6.07, 6.45) is -4.97. The first-order valence-electron chi connectivity index (χ1n) is 10.3. The molecule has 1 rings (SSSR count). The molecule has 0 aliphatic carbocycles. The summed E-state index contributed by atoms with van der Waals surface area (Å²) >= 11 is 3.36. The summed E-state index contributed by atoms with van der Waals surface area (Å²) in [6.45, 7) is 15.4. The highest BCUT2D eigenvalue weighted by Crippen LogP contribution is 2.34. The van der Waals surface area contributed by atoms with Gasteiger partial charge in [0.05, 0.1) is 16.2 Å². The molecule has 1 saturated heterocycles. The van der Waals surface area contributed by atoms with Crippen LogP contribution in [0.5, 0.6) is 0 Å². The molecule has 0 aromatic rings. The Labute approximate surface area is 193 Å². The van der Waals surface area contributed by atoms with Gasteiger partial charge >= 0.3 is 17.9 Å². The van der Waals surface area contributed by atoms with Crippen molar-refractivity contribution in [1.29, 1.82) is 0 Å². The van der Waals surface area contributed by atoms with Crippen molar-refractivity contribution >= 4 is 33.8 Å². The molecule has 180 valence electrons. The molecule has 0 amide bonds. The van der Waals surface area contributed by atoms with Crippen LogP contribution in [0.4, 0.5) is 0 Å². The molecule has 0 aromatic heterocycles. The maximum atomic E-state index is 12.8. The van der Waals surface area contributed by atoms with Gasteiger partial charge in [0, 0.05) is 12.4 Å². The SMILES string of the molecule is CO[C@H]1O[C@H](CBr)[C@@H](OC(=O)C(C)(C)C)[C@H](OC(=O)C(C)(C)C)[C@H]1OC(=O)C(C)(C)C. The molecule has 0 radical (unpaired) electrons.